The van der Waals surface area contributed by atoms with E-state index in [0.29, 0.717) is 19.4 Å². The van der Waals surface area contributed by atoms with Crippen LogP contribution in [-0.4, -0.2) is 43.2 Å². The molecule has 0 saturated carbocycles. The molecule has 2 unspecified atom stereocenters. The van der Waals surface area contributed by atoms with Gasteiger partial charge in [-0.25, -0.2) is 8.78 Å². The molecular weight excluding hydrogens is 302 g/mol. The summed E-state index contributed by atoms with van der Waals surface area (Å²) in [5, 5.41) is -0.350. The molecule has 0 radical (unpaired) electrons. The zero-order valence-corrected chi connectivity index (χ0v) is 12.4. The molecule has 0 spiro atoms. The van der Waals surface area contributed by atoms with Gasteiger partial charge in [-0.1, -0.05) is 11.6 Å². The number of amides is 1. The highest BCUT2D eigenvalue weighted by Gasteiger charge is 2.32. The number of methoxy groups -OCH3 is 1. The molecule has 116 valence electrons. The van der Waals surface area contributed by atoms with Crippen LogP contribution in [-0.2, 0) is 4.74 Å². The van der Waals surface area contributed by atoms with Crippen LogP contribution < -0.4 is 5.73 Å². The molecule has 1 aliphatic rings. The monoisotopic (exact) mass is 318 g/mol. The van der Waals surface area contributed by atoms with Crippen molar-refractivity contribution in [3.63, 3.8) is 0 Å². The lowest BCUT2D eigenvalue weighted by Crippen LogP contribution is -2.51. The molecule has 21 heavy (non-hydrogen) atoms. The largest absolute Gasteiger partial charge is 0.381 e. The Morgan fingerprint density at radius 2 is 2.19 bits per heavy atom. The number of rotatable bonds is 3. The maximum absolute atomic E-state index is 13.9. The summed E-state index contributed by atoms with van der Waals surface area (Å²) in [6.07, 6.45) is 1.24. The average Bonchev–Trinajstić information content (AvgIpc) is 2.49. The second kappa shape index (κ2) is 6.68. The van der Waals surface area contributed by atoms with E-state index in [1.54, 1.807) is 7.11 Å². The van der Waals surface area contributed by atoms with E-state index in [4.69, 9.17) is 22.1 Å². The van der Waals surface area contributed by atoms with E-state index in [0.717, 1.165) is 12.1 Å². The summed E-state index contributed by atoms with van der Waals surface area (Å²) >= 11 is 5.49. The van der Waals surface area contributed by atoms with Crippen molar-refractivity contribution in [2.45, 2.75) is 25.0 Å². The summed E-state index contributed by atoms with van der Waals surface area (Å²) in [5.41, 5.74) is 5.35. The minimum atomic E-state index is -0.837. The number of hydrogen-bond donors (Lipinski definition) is 1. The number of benzene rings is 1. The molecule has 1 heterocycles. The molecule has 2 atom stereocenters. The zero-order chi connectivity index (χ0) is 15.6. The fourth-order valence-corrected chi connectivity index (χ4v) is 2.71. The smallest absolute Gasteiger partial charge is 0.257 e. The first-order chi connectivity index (χ1) is 9.97. The number of hydrogen-bond acceptors (Lipinski definition) is 3. The summed E-state index contributed by atoms with van der Waals surface area (Å²) in [5.74, 6) is -2.23. The molecule has 1 amide bonds. The van der Waals surface area contributed by atoms with Gasteiger partial charge in [0.15, 0.2) is 0 Å². The van der Waals surface area contributed by atoms with Gasteiger partial charge in [-0.3, -0.25) is 4.79 Å². The third-order valence-corrected chi connectivity index (χ3v) is 4.06. The Bertz CT molecular complexity index is 542. The Labute approximate surface area is 126 Å². The van der Waals surface area contributed by atoms with E-state index in [1.807, 2.05) is 0 Å². The predicted octanol–water partition coefficient (Wildman–Crippen LogP) is 2.20. The van der Waals surface area contributed by atoms with Crippen LogP contribution in [0.1, 0.15) is 23.2 Å². The van der Waals surface area contributed by atoms with E-state index in [1.165, 1.54) is 4.90 Å². The van der Waals surface area contributed by atoms with Gasteiger partial charge < -0.3 is 15.4 Å². The molecule has 1 aliphatic heterocycles. The van der Waals surface area contributed by atoms with Crippen LogP contribution in [0, 0.1) is 11.6 Å². The minimum absolute atomic E-state index is 0.0226. The Kier molecular flexibility index (Phi) is 5.13. The number of piperidine rings is 1. The Balaban J connectivity index is 2.25. The second-order valence-corrected chi connectivity index (χ2v) is 5.42. The molecule has 0 aromatic heterocycles. The summed E-state index contributed by atoms with van der Waals surface area (Å²) in [7, 11) is 1.60. The number of halogens is 3. The van der Waals surface area contributed by atoms with Gasteiger partial charge in [0.25, 0.3) is 5.91 Å². The number of carbonyl (C=O) groups excluding carboxylic acids is 1. The Hall–Kier alpha value is -1.24. The van der Waals surface area contributed by atoms with E-state index >= 15 is 0 Å². The van der Waals surface area contributed by atoms with Crippen LogP contribution >= 0.6 is 11.6 Å². The van der Waals surface area contributed by atoms with E-state index in [-0.39, 0.29) is 29.3 Å². The summed E-state index contributed by atoms with van der Waals surface area (Å²) in [6, 6.07) is 1.38. The van der Waals surface area contributed by atoms with Gasteiger partial charge in [-0.05, 0) is 25.0 Å². The third kappa shape index (κ3) is 3.33. The standard InChI is InChI=1S/C14H17ClF2N2O2/c1-21-9-2-3-19(8(4-9)7-18)14(20)10-5-13(17)11(15)6-12(10)16/h5-6,8-9H,2-4,7,18H2,1H3. The van der Waals surface area contributed by atoms with Crippen molar-refractivity contribution in [2.75, 3.05) is 20.2 Å². The van der Waals surface area contributed by atoms with Crippen LogP contribution in [0.4, 0.5) is 8.78 Å². The summed E-state index contributed by atoms with van der Waals surface area (Å²) < 4.78 is 32.6. The maximum Gasteiger partial charge on any atom is 0.257 e. The van der Waals surface area contributed by atoms with Crippen LogP contribution in [0.2, 0.25) is 5.02 Å². The molecule has 1 saturated heterocycles. The van der Waals surface area contributed by atoms with Crippen molar-refractivity contribution in [2.24, 2.45) is 5.73 Å². The van der Waals surface area contributed by atoms with Crippen molar-refractivity contribution >= 4 is 17.5 Å². The highest BCUT2D eigenvalue weighted by atomic mass is 35.5. The summed E-state index contributed by atoms with van der Waals surface area (Å²) in [6.45, 7) is 0.631. The molecule has 2 rings (SSSR count). The molecule has 4 nitrogen and oxygen atoms in total. The fourth-order valence-electron chi connectivity index (χ4n) is 2.56. The van der Waals surface area contributed by atoms with Crippen molar-refractivity contribution in [3.05, 3.63) is 34.4 Å². The first-order valence-electron chi connectivity index (χ1n) is 6.66. The molecule has 7 heteroatoms. The molecule has 2 N–H and O–H groups in total. The Morgan fingerprint density at radius 3 is 2.81 bits per heavy atom. The highest BCUT2D eigenvalue weighted by Crippen LogP contribution is 2.25. The summed E-state index contributed by atoms with van der Waals surface area (Å²) in [4.78, 5) is 13.9. The van der Waals surface area contributed by atoms with Crippen LogP contribution in [0.3, 0.4) is 0 Å². The first kappa shape index (κ1) is 16.1. The number of ether oxygens (including phenoxy) is 1. The number of carbonyl (C=O) groups is 1. The fraction of sp³-hybridized carbons (Fsp3) is 0.500. The van der Waals surface area contributed by atoms with Gasteiger partial charge in [-0.2, -0.15) is 0 Å². The molecule has 1 aromatic rings. The van der Waals surface area contributed by atoms with Gasteiger partial charge in [0, 0.05) is 26.2 Å². The SMILES string of the molecule is COC1CCN(C(=O)c2cc(F)c(Cl)cc2F)C(CN)C1. The van der Waals surface area contributed by atoms with Gasteiger partial charge in [0.2, 0.25) is 0 Å². The zero-order valence-electron chi connectivity index (χ0n) is 11.6. The molecule has 1 fully saturated rings. The van der Waals surface area contributed by atoms with E-state index in [2.05, 4.69) is 0 Å². The van der Waals surface area contributed by atoms with E-state index < -0.39 is 17.5 Å². The molecular formula is C14H17ClF2N2O2. The lowest BCUT2D eigenvalue weighted by molar-refractivity contribution is 0.0136. The molecule has 0 bridgehead atoms. The number of nitrogens with two attached hydrogens (primary N) is 1. The third-order valence-electron chi connectivity index (χ3n) is 3.77. The quantitative estimate of drug-likeness (QED) is 0.869. The van der Waals surface area contributed by atoms with Gasteiger partial charge in [0.05, 0.1) is 16.7 Å². The van der Waals surface area contributed by atoms with Crippen molar-refractivity contribution in [3.8, 4) is 0 Å². The van der Waals surface area contributed by atoms with E-state index in [9.17, 15) is 13.6 Å². The highest BCUT2D eigenvalue weighted by molar-refractivity contribution is 6.30. The number of likely N-dealkylation sites (tertiary alicyclic amines) is 1. The molecule has 1 aromatic carbocycles. The minimum Gasteiger partial charge on any atom is -0.381 e. The van der Waals surface area contributed by atoms with Crippen LogP contribution in [0.25, 0.3) is 0 Å². The average molecular weight is 319 g/mol. The predicted molar refractivity (Wildman–Crippen MR) is 75.3 cm³/mol. The second-order valence-electron chi connectivity index (χ2n) is 5.02. The number of nitrogens with zero attached hydrogens (tertiary/aromatic N) is 1. The van der Waals surface area contributed by atoms with Crippen LogP contribution in [0.15, 0.2) is 12.1 Å². The lowest BCUT2D eigenvalue weighted by Gasteiger charge is -2.38. The van der Waals surface area contributed by atoms with Gasteiger partial charge in [-0.15, -0.1) is 0 Å². The maximum atomic E-state index is 13.9. The first-order valence-corrected chi connectivity index (χ1v) is 7.04. The van der Waals surface area contributed by atoms with Crippen molar-refractivity contribution in [1.29, 1.82) is 0 Å². The van der Waals surface area contributed by atoms with Gasteiger partial charge >= 0.3 is 0 Å². The van der Waals surface area contributed by atoms with Crippen molar-refractivity contribution in [1.82, 2.24) is 4.90 Å². The topological polar surface area (TPSA) is 55.6 Å². The lowest BCUT2D eigenvalue weighted by atomic mass is 9.98. The normalized spacial score (nSPS) is 22.4. The molecule has 0 aliphatic carbocycles. The van der Waals surface area contributed by atoms with Gasteiger partial charge in [0.1, 0.15) is 11.6 Å². The Morgan fingerprint density at radius 1 is 1.48 bits per heavy atom. The van der Waals surface area contributed by atoms with Crippen LogP contribution in [0.5, 0.6) is 0 Å². The van der Waals surface area contributed by atoms with Crippen molar-refractivity contribution < 1.29 is 18.3 Å².